The molecule has 1 N–H and O–H groups in total. The van der Waals surface area contributed by atoms with E-state index < -0.39 is 0 Å². The van der Waals surface area contributed by atoms with Crippen molar-refractivity contribution in [2.24, 2.45) is 0 Å². The van der Waals surface area contributed by atoms with E-state index in [2.05, 4.69) is 16.0 Å². The molecule has 0 aliphatic rings. The van der Waals surface area contributed by atoms with E-state index in [1.54, 1.807) is 12.1 Å². The summed E-state index contributed by atoms with van der Waals surface area (Å²) in [6.07, 6.45) is 0. The number of aromatic amines is 1. The van der Waals surface area contributed by atoms with E-state index >= 15 is 0 Å². The Morgan fingerprint density at radius 3 is 2.75 bits per heavy atom. The van der Waals surface area contributed by atoms with E-state index in [0.29, 0.717) is 18.8 Å². The van der Waals surface area contributed by atoms with Crippen LogP contribution in [-0.4, -0.2) is 9.97 Å². The molecule has 0 saturated heterocycles. The zero-order valence-corrected chi connectivity index (χ0v) is 10.8. The number of aromatic nitrogens is 2. The summed E-state index contributed by atoms with van der Waals surface area (Å²) in [6.45, 7) is 0.979. The Bertz CT molecular complexity index is 756. The van der Waals surface area contributed by atoms with Gasteiger partial charge < -0.3 is 9.72 Å². The Labute approximate surface area is 116 Å². The lowest BCUT2D eigenvalue weighted by molar-refractivity contribution is 0.102. The molecular weight excluding hydrogens is 250 g/mol. The summed E-state index contributed by atoms with van der Waals surface area (Å²) in [5.41, 5.74) is 3.47. The summed E-state index contributed by atoms with van der Waals surface area (Å²) in [6, 6.07) is 17.5. The van der Waals surface area contributed by atoms with Crippen LogP contribution in [0.5, 0.6) is 0 Å². The highest BCUT2D eigenvalue weighted by Gasteiger charge is 2.04. The van der Waals surface area contributed by atoms with E-state index in [4.69, 9.17) is 10.00 Å². The molecule has 1 heterocycles. The Hall–Kier alpha value is -2.64. The quantitative estimate of drug-likeness (QED) is 0.786. The van der Waals surface area contributed by atoms with Crippen molar-refractivity contribution >= 4 is 11.0 Å². The second-order valence-corrected chi connectivity index (χ2v) is 4.51. The third-order valence-electron chi connectivity index (χ3n) is 3.01. The summed E-state index contributed by atoms with van der Waals surface area (Å²) < 4.78 is 5.63. The van der Waals surface area contributed by atoms with E-state index in [9.17, 15) is 0 Å². The van der Waals surface area contributed by atoms with Crippen molar-refractivity contribution in [3.05, 3.63) is 65.5 Å². The van der Waals surface area contributed by atoms with Gasteiger partial charge in [-0.3, -0.25) is 0 Å². The van der Waals surface area contributed by atoms with Crippen LogP contribution in [0.15, 0.2) is 48.5 Å². The molecule has 2 aromatic carbocycles. The minimum absolute atomic E-state index is 0.422. The molecule has 20 heavy (non-hydrogen) atoms. The third kappa shape index (κ3) is 2.68. The number of benzene rings is 2. The Morgan fingerprint density at radius 1 is 1.10 bits per heavy atom. The van der Waals surface area contributed by atoms with Crippen molar-refractivity contribution in [2.75, 3.05) is 0 Å². The van der Waals surface area contributed by atoms with Crippen molar-refractivity contribution in [2.45, 2.75) is 13.2 Å². The highest BCUT2D eigenvalue weighted by atomic mass is 16.5. The molecule has 1 aromatic heterocycles. The van der Waals surface area contributed by atoms with Crippen molar-refractivity contribution in [3.8, 4) is 6.07 Å². The van der Waals surface area contributed by atoms with Gasteiger partial charge in [-0.15, -0.1) is 0 Å². The molecule has 0 saturated carbocycles. The highest BCUT2D eigenvalue weighted by Crippen LogP contribution is 2.14. The van der Waals surface area contributed by atoms with Gasteiger partial charge in [0.1, 0.15) is 12.4 Å². The van der Waals surface area contributed by atoms with E-state index in [-0.39, 0.29) is 0 Å². The minimum atomic E-state index is 0.422. The molecule has 0 atom stereocenters. The van der Waals surface area contributed by atoms with Gasteiger partial charge in [-0.2, -0.15) is 5.26 Å². The maximum absolute atomic E-state index is 8.86. The molecule has 0 amide bonds. The van der Waals surface area contributed by atoms with E-state index in [0.717, 1.165) is 22.4 Å². The number of hydrogen-bond acceptors (Lipinski definition) is 3. The number of ether oxygens (including phenoxy) is 1. The molecule has 0 aliphatic heterocycles. The smallest absolute Gasteiger partial charge is 0.133 e. The summed E-state index contributed by atoms with van der Waals surface area (Å²) in [7, 11) is 0. The van der Waals surface area contributed by atoms with Crippen LogP contribution >= 0.6 is 0 Å². The maximum atomic E-state index is 8.86. The number of fused-ring (bicyclic) bond motifs is 1. The number of nitrogens with one attached hydrogen (secondary N) is 1. The zero-order chi connectivity index (χ0) is 13.8. The fraction of sp³-hybridized carbons (Fsp3) is 0.125. The minimum Gasteiger partial charge on any atom is -0.369 e. The highest BCUT2D eigenvalue weighted by molar-refractivity contribution is 5.76. The second kappa shape index (κ2) is 5.55. The first-order valence-electron chi connectivity index (χ1n) is 6.35. The summed E-state index contributed by atoms with van der Waals surface area (Å²) in [5, 5.41) is 8.86. The van der Waals surface area contributed by atoms with Crippen LogP contribution in [0.2, 0.25) is 0 Å². The van der Waals surface area contributed by atoms with Gasteiger partial charge in [-0.25, -0.2) is 4.98 Å². The first-order chi connectivity index (χ1) is 9.85. The lowest BCUT2D eigenvalue weighted by atomic mass is 10.2. The molecule has 98 valence electrons. The predicted molar refractivity (Wildman–Crippen MR) is 75.7 cm³/mol. The summed E-state index contributed by atoms with van der Waals surface area (Å²) in [5.74, 6) is 0.769. The van der Waals surface area contributed by atoms with Crippen molar-refractivity contribution in [1.82, 2.24) is 9.97 Å². The molecular formula is C16H13N3O. The van der Waals surface area contributed by atoms with Gasteiger partial charge in [-0.1, -0.05) is 30.3 Å². The van der Waals surface area contributed by atoms with Crippen LogP contribution in [0, 0.1) is 11.3 Å². The van der Waals surface area contributed by atoms with Crippen LogP contribution in [0.1, 0.15) is 17.0 Å². The van der Waals surface area contributed by atoms with Gasteiger partial charge in [0.15, 0.2) is 0 Å². The van der Waals surface area contributed by atoms with Crippen LogP contribution in [-0.2, 0) is 18.0 Å². The average molecular weight is 263 g/mol. The molecule has 3 aromatic rings. The van der Waals surface area contributed by atoms with Crippen LogP contribution in [0.4, 0.5) is 0 Å². The summed E-state index contributed by atoms with van der Waals surface area (Å²) >= 11 is 0. The van der Waals surface area contributed by atoms with Gasteiger partial charge in [0.05, 0.1) is 29.3 Å². The van der Waals surface area contributed by atoms with Gasteiger partial charge in [0.25, 0.3) is 0 Å². The summed E-state index contributed by atoms with van der Waals surface area (Å²) in [4.78, 5) is 7.60. The maximum Gasteiger partial charge on any atom is 0.133 e. The van der Waals surface area contributed by atoms with E-state index in [1.165, 1.54) is 0 Å². The van der Waals surface area contributed by atoms with Gasteiger partial charge >= 0.3 is 0 Å². The second-order valence-electron chi connectivity index (χ2n) is 4.51. The molecule has 0 bridgehead atoms. The fourth-order valence-electron chi connectivity index (χ4n) is 2.04. The molecule has 0 spiro atoms. The van der Waals surface area contributed by atoms with Crippen molar-refractivity contribution < 1.29 is 4.74 Å². The normalized spacial score (nSPS) is 10.6. The van der Waals surface area contributed by atoms with Crippen LogP contribution in [0.3, 0.4) is 0 Å². The molecule has 0 radical (unpaired) electrons. The van der Waals surface area contributed by atoms with Crippen molar-refractivity contribution in [1.29, 1.82) is 5.26 Å². The number of H-pyrrole nitrogens is 1. The first-order valence-corrected chi connectivity index (χ1v) is 6.35. The Balaban J connectivity index is 1.67. The Morgan fingerprint density at radius 2 is 1.95 bits per heavy atom. The lowest BCUT2D eigenvalue weighted by Crippen LogP contribution is -1.95. The lowest BCUT2D eigenvalue weighted by Gasteiger charge is -2.01. The SMILES string of the molecule is N#Cc1ccc2nc(COCc3ccccc3)[nH]c2c1. The van der Waals surface area contributed by atoms with Gasteiger partial charge in [-0.05, 0) is 23.8 Å². The molecule has 4 heteroatoms. The number of nitriles is 1. The largest absolute Gasteiger partial charge is 0.369 e. The molecule has 0 unspecified atom stereocenters. The van der Waals surface area contributed by atoms with Crippen LogP contribution in [0.25, 0.3) is 11.0 Å². The molecule has 0 fully saturated rings. The van der Waals surface area contributed by atoms with E-state index in [1.807, 2.05) is 36.4 Å². The Kier molecular flexibility index (Phi) is 3.44. The topological polar surface area (TPSA) is 61.7 Å². The predicted octanol–water partition coefficient (Wildman–Crippen LogP) is 3.15. The monoisotopic (exact) mass is 263 g/mol. The molecule has 4 nitrogen and oxygen atoms in total. The number of nitrogens with zero attached hydrogens (tertiary/aromatic N) is 2. The third-order valence-corrected chi connectivity index (χ3v) is 3.01. The standard InChI is InChI=1S/C16H13N3O/c17-9-13-6-7-14-15(8-13)19-16(18-14)11-20-10-12-4-2-1-3-5-12/h1-8H,10-11H2,(H,18,19). The molecule has 3 rings (SSSR count). The van der Waals surface area contributed by atoms with Gasteiger partial charge in [0, 0.05) is 0 Å². The first kappa shape index (κ1) is 12.4. The van der Waals surface area contributed by atoms with Crippen LogP contribution < -0.4 is 0 Å². The zero-order valence-electron chi connectivity index (χ0n) is 10.8. The number of hydrogen-bond donors (Lipinski definition) is 1. The number of imidazole rings is 1. The van der Waals surface area contributed by atoms with Gasteiger partial charge in [0.2, 0.25) is 0 Å². The average Bonchev–Trinajstić information content (AvgIpc) is 2.90. The molecule has 0 aliphatic carbocycles. The van der Waals surface area contributed by atoms with Crippen molar-refractivity contribution in [3.63, 3.8) is 0 Å². The number of rotatable bonds is 4. The fourth-order valence-corrected chi connectivity index (χ4v) is 2.04.